The van der Waals surface area contributed by atoms with Gasteiger partial charge in [-0.15, -0.1) is 24.0 Å². The average molecular weight is 461 g/mol. The van der Waals surface area contributed by atoms with Crippen LogP contribution in [0.25, 0.3) is 0 Å². The van der Waals surface area contributed by atoms with Crippen molar-refractivity contribution in [1.82, 2.24) is 25.5 Å². The predicted octanol–water partition coefficient (Wildman–Crippen LogP) is 0.708. The number of aliphatic imine (C=N–C) groups is 1. The van der Waals surface area contributed by atoms with Crippen molar-refractivity contribution in [3.05, 3.63) is 18.5 Å². The lowest BCUT2D eigenvalue weighted by molar-refractivity contribution is -0.120. The van der Waals surface area contributed by atoms with Crippen molar-refractivity contribution in [2.24, 2.45) is 4.99 Å². The molecule has 2 heterocycles. The maximum atomic E-state index is 11.6. The van der Waals surface area contributed by atoms with Crippen molar-refractivity contribution < 1.29 is 4.79 Å². The first-order valence-electron chi connectivity index (χ1n) is 8.49. The van der Waals surface area contributed by atoms with Crippen molar-refractivity contribution in [1.29, 1.82) is 0 Å². The number of piperazine rings is 1. The fraction of sp³-hybridized carbons (Fsp3) is 0.625. The number of amides is 1. The second-order valence-electron chi connectivity index (χ2n) is 5.60. The highest BCUT2D eigenvalue weighted by atomic mass is 127. The Hall–Kier alpha value is -1.65. The fourth-order valence-electron chi connectivity index (χ4n) is 2.55. The molecule has 0 bridgehead atoms. The van der Waals surface area contributed by atoms with E-state index >= 15 is 0 Å². The normalized spacial score (nSPS) is 14.7. The molecule has 0 spiro atoms. The second-order valence-corrected chi connectivity index (χ2v) is 5.60. The number of hydrogen-bond donors (Lipinski definition) is 2. The van der Waals surface area contributed by atoms with Gasteiger partial charge in [-0.3, -0.25) is 9.79 Å². The number of halogens is 1. The maximum Gasteiger partial charge on any atom is 0.225 e. The maximum absolute atomic E-state index is 11.6. The first kappa shape index (κ1) is 21.4. The minimum Gasteiger partial charge on any atom is -0.356 e. The molecule has 25 heavy (non-hydrogen) atoms. The molecule has 1 fully saturated rings. The van der Waals surface area contributed by atoms with Gasteiger partial charge in [-0.25, -0.2) is 9.97 Å². The molecule has 1 saturated heterocycles. The summed E-state index contributed by atoms with van der Waals surface area (Å²) >= 11 is 0. The van der Waals surface area contributed by atoms with Crippen LogP contribution in [0.4, 0.5) is 5.95 Å². The lowest BCUT2D eigenvalue weighted by Crippen LogP contribution is -2.53. The largest absolute Gasteiger partial charge is 0.356 e. The van der Waals surface area contributed by atoms with E-state index in [2.05, 4.69) is 35.4 Å². The summed E-state index contributed by atoms with van der Waals surface area (Å²) in [6, 6.07) is 1.82. The molecule has 2 N–H and O–H groups in total. The Morgan fingerprint density at radius 3 is 2.44 bits per heavy atom. The summed E-state index contributed by atoms with van der Waals surface area (Å²) in [6.07, 6.45) is 4.94. The molecule has 1 amide bonds. The summed E-state index contributed by atoms with van der Waals surface area (Å²) in [5, 5.41) is 6.14. The molecule has 0 atom stereocenters. The van der Waals surface area contributed by atoms with Gasteiger partial charge >= 0.3 is 0 Å². The van der Waals surface area contributed by atoms with Crippen LogP contribution >= 0.6 is 24.0 Å². The van der Waals surface area contributed by atoms with Gasteiger partial charge in [-0.05, 0) is 12.5 Å². The molecule has 0 aromatic carbocycles. The molecule has 1 aliphatic rings. The molecule has 8 nitrogen and oxygen atoms in total. The van der Waals surface area contributed by atoms with Crippen molar-refractivity contribution >= 4 is 41.8 Å². The average Bonchev–Trinajstić information content (AvgIpc) is 2.64. The lowest BCUT2D eigenvalue weighted by Gasteiger charge is -2.36. The third-order valence-corrected chi connectivity index (χ3v) is 3.83. The molecule has 1 aromatic rings. The van der Waals surface area contributed by atoms with Crippen LogP contribution < -0.4 is 15.5 Å². The van der Waals surface area contributed by atoms with Crippen LogP contribution in [0.2, 0.25) is 0 Å². The van der Waals surface area contributed by atoms with Gasteiger partial charge in [0.25, 0.3) is 0 Å². The third-order valence-electron chi connectivity index (χ3n) is 3.83. The highest BCUT2D eigenvalue weighted by molar-refractivity contribution is 14.0. The molecular weight excluding hydrogens is 433 g/mol. The van der Waals surface area contributed by atoms with Gasteiger partial charge in [0.1, 0.15) is 0 Å². The van der Waals surface area contributed by atoms with E-state index in [0.29, 0.717) is 13.0 Å². The second kappa shape index (κ2) is 11.8. The molecule has 0 aliphatic carbocycles. The van der Waals surface area contributed by atoms with E-state index in [-0.39, 0.29) is 29.9 Å². The summed E-state index contributed by atoms with van der Waals surface area (Å²) in [5.74, 6) is 1.69. The Morgan fingerprint density at radius 2 is 1.84 bits per heavy atom. The Kier molecular flexibility index (Phi) is 10.1. The molecule has 1 aromatic heterocycles. The number of carbonyl (C=O) groups is 1. The molecule has 2 rings (SSSR count). The van der Waals surface area contributed by atoms with Crippen molar-refractivity contribution in [2.75, 3.05) is 51.2 Å². The van der Waals surface area contributed by atoms with Crippen LogP contribution in [0.1, 0.15) is 19.8 Å². The smallest absolute Gasteiger partial charge is 0.225 e. The molecule has 1 aliphatic heterocycles. The third kappa shape index (κ3) is 7.00. The van der Waals surface area contributed by atoms with Gasteiger partial charge in [0.15, 0.2) is 5.96 Å². The Morgan fingerprint density at radius 1 is 1.16 bits per heavy atom. The molecule has 140 valence electrons. The minimum absolute atomic E-state index is 0. The van der Waals surface area contributed by atoms with E-state index in [0.717, 1.165) is 51.1 Å². The minimum atomic E-state index is 0. The highest BCUT2D eigenvalue weighted by Crippen LogP contribution is 2.09. The number of hydrogen-bond acceptors (Lipinski definition) is 5. The van der Waals surface area contributed by atoms with Crippen molar-refractivity contribution in [3.63, 3.8) is 0 Å². The zero-order valence-corrected chi connectivity index (χ0v) is 17.3. The quantitative estimate of drug-likeness (QED) is 0.369. The molecule has 0 saturated carbocycles. The predicted molar refractivity (Wildman–Crippen MR) is 111 cm³/mol. The van der Waals surface area contributed by atoms with Crippen LogP contribution in [0.15, 0.2) is 23.5 Å². The lowest BCUT2D eigenvalue weighted by atomic mass is 10.3. The number of nitrogens with one attached hydrogen (secondary N) is 2. The summed E-state index contributed by atoms with van der Waals surface area (Å²) < 4.78 is 0. The van der Waals surface area contributed by atoms with Gasteiger partial charge in [0.05, 0.1) is 0 Å². The van der Waals surface area contributed by atoms with E-state index in [1.807, 2.05) is 13.0 Å². The molecule has 9 heteroatoms. The summed E-state index contributed by atoms with van der Waals surface area (Å²) in [5.41, 5.74) is 0. The van der Waals surface area contributed by atoms with Crippen molar-refractivity contribution in [2.45, 2.75) is 19.8 Å². The van der Waals surface area contributed by atoms with Gasteiger partial charge in [-0.2, -0.15) is 0 Å². The standard InChI is InChI=1S/C16H27N7O.HI/c1-3-6-18-14(24)5-9-21-15(17-2)22-10-12-23(13-11-22)16-19-7-4-8-20-16;/h4,7-8H,3,5-6,9-13H2,1-2H3,(H,17,21)(H,18,24);1H. The Bertz CT molecular complexity index is 533. The topological polar surface area (TPSA) is 85.8 Å². The first-order chi connectivity index (χ1) is 11.7. The molecular formula is C16H28IN7O. The summed E-state index contributed by atoms with van der Waals surface area (Å²) in [7, 11) is 1.77. The Balaban J connectivity index is 0.00000312. The van der Waals surface area contributed by atoms with Crippen LogP contribution in [0, 0.1) is 0 Å². The van der Waals surface area contributed by atoms with E-state index < -0.39 is 0 Å². The van der Waals surface area contributed by atoms with Crippen molar-refractivity contribution in [3.8, 4) is 0 Å². The number of carbonyl (C=O) groups excluding carboxylic acids is 1. The van der Waals surface area contributed by atoms with E-state index in [1.54, 1.807) is 19.4 Å². The number of guanidine groups is 1. The van der Waals surface area contributed by atoms with E-state index in [9.17, 15) is 4.79 Å². The van der Waals surface area contributed by atoms with Gasteiger partial charge in [0, 0.05) is 65.1 Å². The zero-order valence-electron chi connectivity index (χ0n) is 14.9. The number of nitrogens with zero attached hydrogens (tertiary/aromatic N) is 5. The van der Waals surface area contributed by atoms with Gasteiger partial charge in [-0.1, -0.05) is 6.92 Å². The monoisotopic (exact) mass is 461 g/mol. The van der Waals surface area contributed by atoms with Gasteiger partial charge < -0.3 is 20.4 Å². The van der Waals surface area contributed by atoms with Crippen LogP contribution in [0.3, 0.4) is 0 Å². The van der Waals surface area contributed by atoms with E-state index in [1.165, 1.54) is 0 Å². The SMILES string of the molecule is CCCNC(=O)CCNC(=NC)N1CCN(c2ncccn2)CC1.I. The number of rotatable bonds is 6. The number of aromatic nitrogens is 2. The van der Waals surface area contributed by atoms with Crippen LogP contribution in [0.5, 0.6) is 0 Å². The zero-order chi connectivity index (χ0) is 17.2. The number of anilines is 1. The molecule has 0 radical (unpaired) electrons. The van der Waals surface area contributed by atoms with E-state index in [4.69, 9.17) is 0 Å². The first-order valence-corrected chi connectivity index (χ1v) is 8.49. The van der Waals surface area contributed by atoms with Crippen LogP contribution in [-0.4, -0.2) is 73.1 Å². The van der Waals surface area contributed by atoms with Gasteiger partial charge in [0.2, 0.25) is 11.9 Å². The molecule has 0 unspecified atom stereocenters. The Labute approximate surface area is 166 Å². The highest BCUT2D eigenvalue weighted by Gasteiger charge is 2.20. The fourth-order valence-corrected chi connectivity index (χ4v) is 2.55. The van der Waals surface area contributed by atoms with Crippen LogP contribution in [-0.2, 0) is 4.79 Å². The summed E-state index contributed by atoms with van der Waals surface area (Å²) in [4.78, 5) is 28.9. The summed E-state index contributed by atoms with van der Waals surface area (Å²) in [6.45, 7) is 6.76.